The van der Waals surface area contributed by atoms with Crippen LogP contribution in [0.5, 0.6) is 11.5 Å². The molecule has 4 aromatic carbocycles. The number of hydrogen-bond acceptors (Lipinski definition) is 5. The number of nitro benzene ring substituents is 1. The van der Waals surface area contributed by atoms with Gasteiger partial charge < -0.3 is 14.4 Å². The predicted octanol–water partition coefficient (Wildman–Crippen LogP) is 6.85. The van der Waals surface area contributed by atoms with Crippen molar-refractivity contribution in [2.24, 2.45) is 0 Å². The summed E-state index contributed by atoms with van der Waals surface area (Å²) >= 11 is 0. The van der Waals surface area contributed by atoms with E-state index in [4.69, 9.17) is 9.47 Å². The molecule has 4 rings (SSSR count). The lowest BCUT2D eigenvalue weighted by molar-refractivity contribution is -0.386. The first-order chi connectivity index (χ1) is 18.5. The number of aryl methyl sites for hydroxylation is 1. The molecule has 0 unspecified atom stereocenters. The summed E-state index contributed by atoms with van der Waals surface area (Å²) in [5.41, 5.74) is 2.66. The Morgan fingerprint density at radius 2 is 1.45 bits per heavy atom. The fourth-order valence-corrected chi connectivity index (χ4v) is 4.05. The first-order valence-electron chi connectivity index (χ1n) is 12.5. The highest BCUT2D eigenvalue weighted by Gasteiger charge is 2.26. The maximum atomic E-state index is 13.4. The molecule has 0 aliphatic carbocycles. The smallest absolute Gasteiger partial charge is 0.311 e. The molecule has 7 heteroatoms. The summed E-state index contributed by atoms with van der Waals surface area (Å²) in [6.45, 7) is 0.712. The zero-order valence-corrected chi connectivity index (χ0v) is 21.3. The average molecular weight is 511 g/mol. The number of rotatable bonds is 12. The SMILES string of the molecule is CN(C(=O)c1cccc([N+](=O)[O-])c1OCc1ccccc1)c1ccc(OCCCCc2ccccc2)cc1. The van der Waals surface area contributed by atoms with Crippen molar-refractivity contribution in [1.29, 1.82) is 0 Å². The minimum atomic E-state index is -0.539. The highest BCUT2D eigenvalue weighted by molar-refractivity contribution is 6.08. The largest absolute Gasteiger partial charge is 0.494 e. The van der Waals surface area contributed by atoms with Gasteiger partial charge in [-0.25, -0.2) is 0 Å². The fraction of sp³-hybridized carbons (Fsp3) is 0.194. The molecule has 1 amide bonds. The maximum absolute atomic E-state index is 13.4. The van der Waals surface area contributed by atoms with E-state index in [1.165, 1.54) is 22.6 Å². The van der Waals surface area contributed by atoms with Gasteiger partial charge in [-0.3, -0.25) is 14.9 Å². The second-order valence-corrected chi connectivity index (χ2v) is 8.83. The molecular weight excluding hydrogens is 480 g/mol. The van der Waals surface area contributed by atoms with Crippen LogP contribution < -0.4 is 14.4 Å². The Bertz CT molecular complexity index is 1340. The summed E-state index contributed by atoms with van der Waals surface area (Å²) < 4.78 is 11.7. The van der Waals surface area contributed by atoms with E-state index in [9.17, 15) is 14.9 Å². The number of anilines is 1. The van der Waals surface area contributed by atoms with Crippen LogP contribution in [0.1, 0.15) is 34.3 Å². The number of nitrogens with zero attached hydrogens (tertiary/aromatic N) is 2. The zero-order chi connectivity index (χ0) is 26.7. The van der Waals surface area contributed by atoms with Crippen LogP contribution in [0.3, 0.4) is 0 Å². The van der Waals surface area contributed by atoms with Crippen LogP contribution in [-0.4, -0.2) is 24.5 Å². The van der Waals surface area contributed by atoms with Gasteiger partial charge in [0, 0.05) is 18.8 Å². The number of para-hydroxylation sites is 1. The number of amides is 1. The van der Waals surface area contributed by atoms with Gasteiger partial charge in [-0.05, 0) is 60.7 Å². The second kappa shape index (κ2) is 13.1. The molecule has 0 aromatic heterocycles. The van der Waals surface area contributed by atoms with Crippen molar-refractivity contribution in [1.82, 2.24) is 0 Å². The number of carbonyl (C=O) groups excluding carboxylic acids is 1. The number of unbranched alkanes of at least 4 members (excludes halogenated alkanes) is 1. The summed E-state index contributed by atoms with van der Waals surface area (Å²) in [5, 5.41) is 11.7. The van der Waals surface area contributed by atoms with Gasteiger partial charge in [0.15, 0.2) is 0 Å². The van der Waals surface area contributed by atoms with Crippen LogP contribution in [-0.2, 0) is 13.0 Å². The number of hydrogen-bond donors (Lipinski definition) is 0. The molecular formula is C31H30N2O5. The summed E-state index contributed by atoms with van der Waals surface area (Å²) in [4.78, 5) is 26.0. The third-order valence-corrected chi connectivity index (χ3v) is 6.15. The first kappa shape index (κ1) is 26.4. The topological polar surface area (TPSA) is 81.9 Å². The third kappa shape index (κ3) is 6.97. The molecule has 0 bridgehead atoms. The normalized spacial score (nSPS) is 10.6. The van der Waals surface area contributed by atoms with E-state index in [1.54, 1.807) is 25.2 Å². The molecule has 38 heavy (non-hydrogen) atoms. The molecule has 194 valence electrons. The lowest BCUT2D eigenvalue weighted by Gasteiger charge is -2.20. The Labute approximate surface area is 222 Å². The quantitative estimate of drug-likeness (QED) is 0.118. The molecule has 0 heterocycles. The molecule has 4 aromatic rings. The Hall–Kier alpha value is -4.65. The first-order valence-corrected chi connectivity index (χ1v) is 12.5. The highest BCUT2D eigenvalue weighted by atomic mass is 16.6. The van der Waals surface area contributed by atoms with Crippen LogP contribution in [0.2, 0.25) is 0 Å². The van der Waals surface area contributed by atoms with Gasteiger partial charge in [0.1, 0.15) is 12.4 Å². The van der Waals surface area contributed by atoms with E-state index >= 15 is 0 Å². The summed E-state index contributed by atoms with van der Waals surface area (Å²) in [6, 6.07) is 31.3. The van der Waals surface area contributed by atoms with E-state index < -0.39 is 10.8 Å². The number of ether oxygens (including phenoxy) is 2. The van der Waals surface area contributed by atoms with Crippen molar-refractivity contribution in [3.8, 4) is 11.5 Å². The summed E-state index contributed by atoms with van der Waals surface area (Å²) in [5.74, 6) is 0.261. The van der Waals surface area contributed by atoms with Gasteiger partial charge in [-0.15, -0.1) is 0 Å². The minimum Gasteiger partial charge on any atom is -0.494 e. The molecule has 0 saturated carbocycles. The number of benzene rings is 4. The lowest BCUT2D eigenvalue weighted by atomic mass is 10.1. The van der Waals surface area contributed by atoms with Crippen LogP contribution >= 0.6 is 0 Å². The van der Waals surface area contributed by atoms with Crippen LogP contribution in [0.25, 0.3) is 0 Å². The van der Waals surface area contributed by atoms with E-state index in [0.717, 1.165) is 30.6 Å². The Morgan fingerprint density at radius 1 is 0.789 bits per heavy atom. The van der Waals surface area contributed by atoms with Crippen LogP contribution in [0, 0.1) is 10.1 Å². The Kier molecular flexibility index (Phi) is 9.07. The molecule has 0 spiro atoms. The van der Waals surface area contributed by atoms with E-state index in [1.807, 2.05) is 60.7 Å². The van der Waals surface area contributed by atoms with Crippen molar-refractivity contribution >= 4 is 17.3 Å². The highest BCUT2D eigenvalue weighted by Crippen LogP contribution is 2.33. The van der Waals surface area contributed by atoms with Crippen molar-refractivity contribution in [3.63, 3.8) is 0 Å². The van der Waals surface area contributed by atoms with Gasteiger partial charge in [-0.2, -0.15) is 0 Å². The monoisotopic (exact) mass is 510 g/mol. The number of nitro groups is 1. The van der Waals surface area contributed by atoms with Crippen LogP contribution in [0.4, 0.5) is 11.4 Å². The van der Waals surface area contributed by atoms with E-state index in [-0.39, 0.29) is 23.6 Å². The van der Waals surface area contributed by atoms with Crippen molar-refractivity contribution in [2.45, 2.75) is 25.9 Å². The lowest BCUT2D eigenvalue weighted by Crippen LogP contribution is -2.27. The molecule has 0 N–H and O–H groups in total. The molecule has 0 atom stereocenters. The average Bonchev–Trinajstić information content (AvgIpc) is 2.96. The van der Waals surface area contributed by atoms with Crippen molar-refractivity contribution in [3.05, 3.63) is 130 Å². The second-order valence-electron chi connectivity index (χ2n) is 8.83. The van der Waals surface area contributed by atoms with E-state index in [2.05, 4.69) is 12.1 Å². The van der Waals surface area contributed by atoms with Crippen molar-refractivity contribution < 1.29 is 19.2 Å². The zero-order valence-electron chi connectivity index (χ0n) is 21.3. The van der Waals surface area contributed by atoms with Gasteiger partial charge in [0.05, 0.1) is 17.1 Å². The van der Waals surface area contributed by atoms with Gasteiger partial charge in [0.2, 0.25) is 5.75 Å². The fourth-order valence-electron chi connectivity index (χ4n) is 4.05. The molecule has 0 aliphatic heterocycles. The third-order valence-electron chi connectivity index (χ3n) is 6.15. The summed E-state index contributed by atoms with van der Waals surface area (Å²) in [6.07, 6.45) is 3.00. The predicted molar refractivity (Wildman–Crippen MR) is 148 cm³/mol. The maximum Gasteiger partial charge on any atom is 0.311 e. The number of carbonyl (C=O) groups is 1. The molecule has 0 fully saturated rings. The van der Waals surface area contributed by atoms with Gasteiger partial charge in [-0.1, -0.05) is 66.7 Å². The molecule has 0 saturated heterocycles. The Balaban J connectivity index is 1.38. The molecule has 7 nitrogen and oxygen atoms in total. The standard InChI is InChI=1S/C31H30N2O5/c1-32(26-18-20-27(21-19-26)37-22-9-8-13-24-11-4-2-5-12-24)31(34)28-16-10-17-29(33(35)36)30(28)38-23-25-14-6-3-7-15-25/h2-7,10-12,14-21H,8-9,13,22-23H2,1H3. The molecule has 0 aliphatic rings. The minimum absolute atomic E-state index is 0.0475. The van der Waals surface area contributed by atoms with Gasteiger partial charge in [0.25, 0.3) is 5.91 Å². The summed E-state index contributed by atoms with van der Waals surface area (Å²) in [7, 11) is 1.63. The van der Waals surface area contributed by atoms with Gasteiger partial charge >= 0.3 is 5.69 Å². The van der Waals surface area contributed by atoms with Crippen molar-refractivity contribution in [2.75, 3.05) is 18.6 Å². The molecule has 0 radical (unpaired) electrons. The van der Waals surface area contributed by atoms with E-state index in [0.29, 0.717) is 12.3 Å². The van der Waals surface area contributed by atoms with Crippen LogP contribution in [0.15, 0.2) is 103 Å². The Morgan fingerprint density at radius 3 is 2.11 bits per heavy atom.